The highest BCUT2D eigenvalue weighted by Crippen LogP contribution is 2.51. The minimum atomic E-state index is 0.189. The van der Waals surface area contributed by atoms with Crippen molar-refractivity contribution in [2.45, 2.75) is 13.2 Å². The molecule has 6 heteroatoms. The van der Waals surface area contributed by atoms with Crippen LogP contribution in [0.25, 0.3) is 21.9 Å². The fourth-order valence-corrected chi connectivity index (χ4v) is 3.77. The van der Waals surface area contributed by atoms with E-state index in [4.69, 9.17) is 14.5 Å². The van der Waals surface area contributed by atoms with Crippen molar-refractivity contribution < 1.29 is 14.5 Å². The zero-order valence-electron chi connectivity index (χ0n) is 13.9. The van der Waals surface area contributed by atoms with Crippen molar-refractivity contribution in [3.8, 4) is 40.8 Å². The summed E-state index contributed by atoms with van der Waals surface area (Å²) in [6.45, 7) is 0.379. The minimum Gasteiger partial charge on any atom is -0.455 e. The molecule has 0 unspecified atom stereocenters. The van der Waals surface area contributed by atoms with Gasteiger partial charge in [0.05, 0.1) is 28.8 Å². The van der Waals surface area contributed by atoms with Crippen LogP contribution >= 0.6 is 0 Å². The van der Waals surface area contributed by atoms with Crippen molar-refractivity contribution in [3.63, 3.8) is 0 Å². The van der Waals surface area contributed by atoms with Crippen molar-refractivity contribution in [1.82, 2.24) is 0 Å². The third-order valence-corrected chi connectivity index (χ3v) is 4.86. The number of rotatable bonds is 0. The monoisotopic (exact) mass is 351 g/mol. The Bertz CT molecular complexity index is 1280. The van der Waals surface area contributed by atoms with Gasteiger partial charge in [0.1, 0.15) is 25.0 Å². The van der Waals surface area contributed by atoms with E-state index < -0.39 is 0 Å². The number of nitrogens with zero attached hydrogens (tertiary/aromatic N) is 3. The zero-order valence-corrected chi connectivity index (χ0v) is 13.9. The second-order valence-electron chi connectivity index (χ2n) is 6.29. The molecule has 27 heavy (non-hydrogen) atoms. The van der Waals surface area contributed by atoms with Gasteiger partial charge in [-0.05, 0) is 46.8 Å². The fraction of sp³-hybridized carbons (Fsp3) is 0.0952. The summed E-state index contributed by atoms with van der Waals surface area (Å²) < 4.78 is 6.07. The van der Waals surface area contributed by atoms with Gasteiger partial charge >= 0.3 is 0 Å². The summed E-state index contributed by atoms with van der Waals surface area (Å²) in [6, 6.07) is 15.1. The van der Waals surface area contributed by atoms with Crippen LogP contribution in [0.1, 0.15) is 27.8 Å². The highest BCUT2D eigenvalue weighted by Gasteiger charge is 2.30. The molecule has 3 aromatic carbocycles. The summed E-state index contributed by atoms with van der Waals surface area (Å²) in [4.78, 5) is 10.4. The number of benzene rings is 3. The Morgan fingerprint density at radius 2 is 1.48 bits per heavy atom. The van der Waals surface area contributed by atoms with E-state index in [0.29, 0.717) is 44.7 Å². The lowest BCUT2D eigenvalue weighted by molar-refractivity contribution is -0.311. The van der Waals surface area contributed by atoms with Crippen molar-refractivity contribution >= 4 is 10.8 Å². The van der Waals surface area contributed by atoms with Crippen molar-refractivity contribution in [3.05, 3.63) is 58.1 Å². The number of ether oxygens (including phenoxy) is 1. The van der Waals surface area contributed by atoms with Crippen molar-refractivity contribution in [2.24, 2.45) is 0 Å². The molecule has 0 radical (unpaired) electrons. The van der Waals surface area contributed by atoms with E-state index >= 15 is 0 Å². The molecule has 0 bridgehead atoms. The van der Waals surface area contributed by atoms with E-state index in [0.717, 1.165) is 16.5 Å². The van der Waals surface area contributed by atoms with Gasteiger partial charge in [-0.15, -0.1) is 0 Å². The number of nitriles is 3. The molecule has 0 amide bonds. The summed E-state index contributed by atoms with van der Waals surface area (Å²) in [5.41, 5.74) is 4.19. The van der Waals surface area contributed by atoms with Gasteiger partial charge in [0, 0.05) is 16.5 Å². The summed E-state index contributed by atoms with van der Waals surface area (Å²) in [5.74, 6) is 0.933. The first-order valence-corrected chi connectivity index (χ1v) is 8.17. The molecule has 2 aliphatic rings. The summed E-state index contributed by atoms with van der Waals surface area (Å²) in [7, 11) is 0. The number of hydrogen-bond acceptors (Lipinski definition) is 6. The molecule has 5 rings (SSSR count). The van der Waals surface area contributed by atoms with Gasteiger partial charge in [0.2, 0.25) is 0 Å². The normalized spacial score (nSPS) is 13.5. The average Bonchev–Trinajstić information content (AvgIpc) is 2.92. The smallest absolute Gasteiger partial charge is 0.153 e. The number of hydrogen-bond donors (Lipinski definition) is 0. The molecule has 126 valence electrons. The predicted molar refractivity (Wildman–Crippen MR) is 93.2 cm³/mol. The first-order valence-electron chi connectivity index (χ1n) is 8.17. The summed E-state index contributed by atoms with van der Waals surface area (Å²) in [6.07, 6.45) is 0. The quantitative estimate of drug-likeness (QED) is 0.440. The molecule has 0 N–H and O–H groups in total. The van der Waals surface area contributed by atoms with E-state index in [9.17, 15) is 15.8 Å². The van der Waals surface area contributed by atoms with Crippen LogP contribution in [-0.4, -0.2) is 0 Å². The first kappa shape index (κ1) is 15.4. The fourth-order valence-electron chi connectivity index (χ4n) is 3.77. The molecular weight excluding hydrogens is 342 g/mol. The molecule has 0 aliphatic carbocycles. The SMILES string of the molecule is N#Cc1ccc2c(c1)-c1c(C#N)cc3c4c(cc(C#N)c(c14)O2)COOC3. The molecule has 2 aliphatic heterocycles. The van der Waals surface area contributed by atoms with Crippen LogP contribution in [0, 0.1) is 34.0 Å². The lowest BCUT2D eigenvalue weighted by Crippen LogP contribution is -2.05. The maximum Gasteiger partial charge on any atom is 0.153 e. The van der Waals surface area contributed by atoms with Gasteiger partial charge in [-0.1, -0.05) is 0 Å². The molecule has 3 aromatic rings. The second kappa shape index (κ2) is 5.56. The molecule has 6 nitrogen and oxygen atoms in total. The van der Waals surface area contributed by atoms with E-state index in [1.54, 1.807) is 30.3 Å². The Hall–Kier alpha value is -3.89. The van der Waals surface area contributed by atoms with Crippen molar-refractivity contribution in [2.75, 3.05) is 0 Å². The molecule has 0 aromatic heterocycles. The molecular formula is C21H9N3O3. The predicted octanol–water partition coefficient (Wildman–Crippen LogP) is 4.19. The Balaban J connectivity index is 2.03. The Labute approximate surface area is 153 Å². The maximum atomic E-state index is 9.79. The standard InChI is InChI=1S/C21H9N3O3/c22-6-11-1-2-17-16(3-11)19-12(7-23)4-14-9-25-26-10-15-5-13(8-24)21(27-17)20(19)18(14)15/h1-5H,9-10H2. The van der Waals surface area contributed by atoms with Crippen LogP contribution in [0.2, 0.25) is 0 Å². The molecule has 2 heterocycles. The van der Waals surface area contributed by atoms with Crippen LogP contribution in [0.5, 0.6) is 11.5 Å². The molecule has 0 saturated heterocycles. The topological polar surface area (TPSA) is 99.1 Å². The van der Waals surface area contributed by atoms with Crippen LogP contribution in [0.3, 0.4) is 0 Å². The Kier molecular flexibility index (Phi) is 3.16. The van der Waals surface area contributed by atoms with Crippen molar-refractivity contribution in [1.29, 1.82) is 15.8 Å². The van der Waals surface area contributed by atoms with Gasteiger partial charge in [-0.2, -0.15) is 15.8 Å². The van der Waals surface area contributed by atoms with Gasteiger partial charge in [-0.3, -0.25) is 0 Å². The maximum absolute atomic E-state index is 9.79. The Morgan fingerprint density at radius 1 is 0.778 bits per heavy atom. The molecule has 0 spiro atoms. The highest BCUT2D eigenvalue weighted by molar-refractivity contribution is 6.10. The van der Waals surface area contributed by atoms with Gasteiger partial charge in [0.25, 0.3) is 0 Å². The average molecular weight is 351 g/mol. The van der Waals surface area contributed by atoms with Gasteiger partial charge in [-0.25, -0.2) is 9.78 Å². The number of fused-ring (bicyclic) bond motifs is 2. The van der Waals surface area contributed by atoms with Crippen LogP contribution < -0.4 is 4.74 Å². The van der Waals surface area contributed by atoms with Crippen LogP contribution in [-0.2, 0) is 23.0 Å². The third kappa shape index (κ3) is 2.05. The van der Waals surface area contributed by atoms with Crippen LogP contribution in [0.15, 0.2) is 30.3 Å². The Morgan fingerprint density at radius 3 is 2.15 bits per heavy atom. The molecule has 0 fully saturated rings. The summed E-state index contributed by atoms with van der Waals surface area (Å²) >= 11 is 0. The second-order valence-corrected chi connectivity index (χ2v) is 6.29. The van der Waals surface area contributed by atoms with E-state index in [-0.39, 0.29) is 13.2 Å². The van der Waals surface area contributed by atoms with E-state index in [2.05, 4.69) is 18.2 Å². The first-order chi connectivity index (χ1) is 13.2. The van der Waals surface area contributed by atoms with Gasteiger partial charge in [0.15, 0.2) is 5.75 Å². The lowest BCUT2D eigenvalue weighted by Gasteiger charge is -2.25. The lowest BCUT2D eigenvalue weighted by atomic mass is 9.85. The minimum absolute atomic E-state index is 0.189. The van der Waals surface area contributed by atoms with E-state index in [1.165, 1.54) is 0 Å². The zero-order chi connectivity index (χ0) is 18.5. The largest absolute Gasteiger partial charge is 0.455 e. The van der Waals surface area contributed by atoms with E-state index in [1.807, 2.05) is 0 Å². The molecule has 0 atom stereocenters. The van der Waals surface area contributed by atoms with Crippen LogP contribution in [0.4, 0.5) is 0 Å². The molecule has 0 saturated carbocycles. The highest BCUT2D eigenvalue weighted by atomic mass is 17.2. The van der Waals surface area contributed by atoms with Gasteiger partial charge < -0.3 is 4.74 Å². The third-order valence-electron chi connectivity index (χ3n) is 4.86. The summed E-state index contributed by atoms with van der Waals surface area (Å²) in [5, 5.41) is 30.3.